The van der Waals surface area contributed by atoms with Gasteiger partial charge in [-0.3, -0.25) is 4.79 Å². The molecule has 0 unspecified atom stereocenters. The average Bonchev–Trinajstić information content (AvgIpc) is 3.02. The molecular weight excluding hydrogens is 412 g/mol. The second-order valence-corrected chi connectivity index (χ2v) is 9.37. The zero-order valence-electron chi connectivity index (χ0n) is 16.2. The Bertz CT molecular complexity index is 1160. The van der Waals surface area contributed by atoms with Gasteiger partial charge in [0, 0.05) is 19.9 Å². The van der Waals surface area contributed by atoms with Gasteiger partial charge in [0.05, 0.1) is 34.7 Å². The molecule has 0 aliphatic carbocycles. The number of ether oxygens (including phenoxy) is 2. The lowest BCUT2D eigenvalue weighted by atomic mass is 10.3. The van der Waals surface area contributed by atoms with Crippen LogP contribution < -0.4 is 9.54 Å². The summed E-state index contributed by atoms with van der Waals surface area (Å²) in [7, 11) is -1.72. The Kier molecular flexibility index (Phi) is 6.83. The highest BCUT2D eigenvalue weighted by Gasteiger charge is 2.13. The smallest absolute Gasteiger partial charge is 0.251 e. The number of nitrogens with zero attached hydrogens (tertiary/aromatic N) is 2. The van der Waals surface area contributed by atoms with Crippen LogP contribution in [0.25, 0.3) is 10.2 Å². The van der Waals surface area contributed by atoms with Crippen LogP contribution in [0.15, 0.2) is 58.4 Å². The van der Waals surface area contributed by atoms with E-state index in [-0.39, 0.29) is 23.8 Å². The van der Waals surface area contributed by atoms with E-state index in [1.165, 1.54) is 17.6 Å². The second kappa shape index (κ2) is 9.34. The lowest BCUT2D eigenvalue weighted by Crippen LogP contribution is -2.19. The molecular formula is C20H22N2O5S2. The molecule has 1 aromatic heterocycles. The molecule has 1 amide bonds. The van der Waals surface area contributed by atoms with Gasteiger partial charge in [-0.25, -0.2) is 8.42 Å². The van der Waals surface area contributed by atoms with E-state index in [0.717, 1.165) is 10.2 Å². The van der Waals surface area contributed by atoms with Crippen molar-refractivity contribution in [3.05, 3.63) is 53.3 Å². The lowest BCUT2D eigenvalue weighted by Gasteiger charge is -2.05. The molecule has 0 spiro atoms. The number of para-hydroxylation sites is 1. The van der Waals surface area contributed by atoms with Gasteiger partial charge in [-0.05, 0) is 30.3 Å². The van der Waals surface area contributed by atoms with E-state index in [1.807, 2.05) is 34.9 Å². The van der Waals surface area contributed by atoms with E-state index < -0.39 is 9.84 Å². The first kappa shape index (κ1) is 21.2. The highest BCUT2D eigenvalue weighted by molar-refractivity contribution is 7.90. The molecule has 0 radical (unpaired) electrons. The molecule has 3 rings (SSSR count). The third-order valence-corrected chi connectivity index (χ3v) is 6.30. The summed E-state index contributed by atoms with van der Waals surface area (Å²) >= 11 is 1.28. The van der Waals surface area contributed by atoms with Crippen molar-refractivity contribution in [2.45, 2.75) is 17.9 Å². The minimum absolute atomic E-state index is 0.141. The van der Waals surface area contributed by atoms with Crippen LogP contribution in [0.4, 0.5) is 0 Å². The largest absolute Gasteiger partial charge is 0.493 e. The normalized spacial score (nSPS) is 12.4. The van der Waals surface area contributed by atoms with E-state index in [4.69, 9.17) is 9.47 Å². The number of carbonyl (C=O) groups is 1. The van der Waals surface area contributed by atoms with Gasteiger partial charge in [0.15, 0.2) is 14.6 Å². The molecule has 0 aliphatic heterocycles. The fraction of sp³-hybridized carbons (Fsp3) is 0.300. The van der Waals surface area contributed by atoms with E-state index in [1.54, 1.807) is 25.3 Å². The zero-order chi connectivity index (χ0) is 20.9. The van der Waals surface area contributed by atoms with Crippen LogP contribution in [0.5, 0.6) is 5.75 Å². The molecule has 154 valence electrons. The minimum atomic E-state index is -3.32. The fourth-order valence-electron chi connectivity index (χ4n) is 2.70. The zero-order valence-corrected chi connectivity index (χ0v) is 17.8. The van der Waals surface area contributed by atoms with Crippen molar-refractivity contribution in [3.63, 3.8) is 0 Å². The number of carbonyl (C=O) groups excluding carboxylic acids is 1. The van der Waals surface area contributed by atoms with E-state index in [9.17, 15) is 13.2 Å². The van der Waals surface area contributed by atoms with Gasteiger partial charge < -0.3 is 14.0 Å². The number of aromatic nitrogens is 1. The molecule has 9 heteroatoms. The van der Waals surface area contributed by atoms with Crippen LogP contribution in [0.2, 0.25) is 0 Å². The number of benzene rings is 2. The number of amides is 1. The molecule has 0 saturated heterocycles. The van der Waals surface area contributed by atoms with Crippen molar-refractivity contribution < 1.29 is 22.7 Å². The highest BCUT2D eigenvalue weighted by atomic mass is 32.2. The Morgan fingerprint density at radius 1 is 1.14 bits per heavy atom. The van der Waals surface area contributed by atoms with Gasteiger partial charge in [-0.15, -0.1) is 0 Å². The summed E-state index contributed by atoms with van der Waals surface area (Å²) in [6.07, 6.45) is 1.31. The molecule has 0 aliphatic rings. The van der Waals surface area contributed by atoms with Crippen LogP contribution in [0.3, 0.4) is 0 Å². The van der Waals surface area contributed by atoms with E-state index in [2.05, 4.69) is 4.99 Å². The Hall–Kier alpha value is -2.49. The first-order valence-electron chi connectivity index (χ1n) is 8.96. The van der Waals surface area contributed by atoms with Crippen LogP contribution in [-0.4, -0.2) is 45.5 Å². The number of methoxy groups -OCH3 is 1. The molecule has 2 aromatic carbocycles. The minimum Gasteiger partial charge on any atom is -0.493 e. The number of fused-ring (bicyclic) bond motifs is 1. The number of thiazole rings is 1. The molecule has 0 saturated carbocycles. The molecule has 1 heterocycles. The monoisotopic (exact) mass is 434 g/mol. The molecule has 0 atom stereocenters. The standard InChI is InChI=1S/C20H22N2O5S2/c1-26-13-11-22-17-9-8-16(29(2,24)25)14-18(17)28-20(22)21-19(23)10-12-27-15-6-4-3-5-7-15/h3-9,14H,10-13H2,1-2H3. The van der Waals surface area contributed by atoms with Crippen molar-refractivity contribution in [1.82, 2.24) is 4.57 Å². The van der Waals surface area contributed by atoms with Gasteiger partial charge in [-0.1, -0.05) is 29.5 Å². The maximum absolute atomic E-state index is 12.4. The average molecular weight is 435 g/mol. The van der Waals surface area contributed by atoms with Gasteiger partial charge in [0.2, 0.25) is 0 Å². The second-order valence-electron chi connectivity index (χ2n) is 6.35. The van der Waals surface area contributed by atoms with Crippen molar-refractivity contribution >= 4 is 37.3 Å². The predicted octanol–water partition coefficient (Wildman–Crippen LogP) is 2.65. The summed E-state index contributed by atoms with van der Waals surface area (Å²) < 4.78 is 37.0. The Morgan fingerprint density at radius 3 is 2.59 bits per heavy atom. The predicted molar refractivity (Wildman–Crippen MR) is 112 cm³/mol. The molecule has 3 aromatic rings. The first-order chi connectivity index (χ1) is 13.9. The SMILES string of the molecule is COCCn1c(=NC(=O)CCOc2ccccc2)sc2cc(S(C)(=O)=O)ccc21. The third kappa shape index (κ3) is 5.53. The molecule has 0 bridgehead atoms. The maximum atomic E-state index is 12.4. The van der Waals surface area contributed by atoms with Crippen LogP contribution >= 0.6 is 11.3 Å². The lowest BCUT2D eigenvalue weighted by molar-refractivity contribution is -0.118. The number of sulfone groups is 1. The number of hydrogen-bond acceptors (Lipinski definition) is 6. The topological polar surface area (TPSA) is 87.0 Å². The Morgan fingerprint density at radius 2 is 1.90 bits per heavy atom. The maximum Gasteiger partial charge on any atom is 0.251 e. The summed E-state index contributed by atoms with van der Waals surface area (Å²) in [5.41, 5.74) is 0.812. The van der Waals surface area contributed by atoms with Crippen LogP contribution in [0, 0.1) is 0 Å². The van der Waals surface area contributed by atoms with E-state index in [0.29, 0.717) is 23.7 Å². The number of rotatable bonds is 8. The summed E-state index contributed by atoms with van der Waals surface area (Å²) in [5, 5.41) is 0. The summed E-state index contributed by atoms with van der Waals surface area (Å²) in [6, 6.07) is 14.2. The van der Waals surface area contributed by atoms with Gasteiger partial charge in [0.25, 0.3) is 5.91 Å². The molecule has 7 nitrogen and oxygen atoms in total. The van der Waals surface area contributed by atoms with Crippen molar-refractivity contribution in [2.75, 3.05) is 26.6 Å². The van der Waals surface area contributed by atoms with Gasteiger partial charge in [0.1, 0.15) is 5.75 Å². The van der Waals surface area contributed by atoms with Gasteiger partial charge in [-0.2, -0.15) is 4.99 Å². The summed E-state index contributed by atoms with van der Waals surface area (Å²) in [5.74, 6) is 0.396. The van der Waals surface area contributed by atoms with E-state index >= 15 is 0 Å². The van der Waals surface area contributed by atoms with Crippen molar-refractivity contribution in [3.8, 4) is 5.75 Å². The first-order valence-corrected chi connectivity index (χ1v) is 11.7. The van der Waals surface area contributed by atoms with Crippen LogP contribution in [-0.2, 0) is 25.9 Å². The molecule has 0 N–H and O–H groups in total. The number of hydrogen-bond donors (Lipinski definition) is 0. The molecule has 0 fully saturated rings. The highest BCUT2D eigenvalue weighted by Crippen LogP contribution is 2.22. The molecule has 29 heavy (non-hydrogen) atoms. The third-order valence-electron chi connectivity index (χ3n) is 4.15. The van der Waals surface area contributed by atoms with Crippen molar-refractivity contribution in [1.29, 1.82) is 0 Å². The Labute approximate surface area is 173 Å². The van der Waals surface area contributed by atoms with Crippen molar-refractivity contribution in [2.24, 2.45) is 4.99 Å². The fourth-order valence-corrected chi connectivity index (χ4v) is 4.54. The van der Waals surface area contributed by atoms with Crippen LogP contribution in [0.1, 0.15) is 6.42 Å². The summed E-state index contributed by atoms with van der Waals surface area (Å²) in [6.45, 7) is 1.17. The quantitative estimate of drug-likeness (QED) is 0.544. The Balaban J connectivity index is 1.86. The van der Waals surface area contributed by atoms with Gasteiger partial charge >= 0.3 is 0 Å². The summed E-state index contributed by atoms with van der Waals surface area (Å²) in [4.78, 5) is 17.3.